The Labute approximate surface area is 157 Å². The van der Waals surface area contributed by atoms with E-state index in [1.165, 1.54) is 0 Å². The number of allylic oxidation sites excluding steroid dienone is 1. The third-order valence-electron chi connectivity index (χ3n) is 3.52. The van der Waals surface area contributed by atoms with Crippen molar-refractivity contribution < 1.29 is 19.1 Å². The van der Waals surface area contributed by atoms with Crippen molar-refractivity contribution in [1.82, 2.24) is 0 Å². The van der Waals surface area contributed by atoms with E-state index in [4.69, 9.17) is 9.47 Å². The lowest BCUT2D eigenvalue weighted by atomic mass is 9.78. The topological polar surface area (TPSA) is 52.6 Å². The average Bonchev–Trinajstić information content (AvgIpc) is 2.56. The van der Waals surface area contributed by atoms with Crippen LogP contribution in [0.3, 0.4) is 0 Å². The van der Waals surface area contributed by atoms with Gasteiger partial charge in [-0.15, -0.1) is 5.73 Å². The number of carbonyl (C=O) groups is 2. The molecule has 0 aliphatic rings. The van der Waals surface area contributed by atoms with E-state index >= 15 is 0 Å². The average molecular weight is 442 g/mol. The van der Waals surface area contributed by atoms with Crippen molar-refractivity contribution in [2.24, 2.45) is 5.41 Å². The van der Waals surface area contributed by atoms with E-state index in [2.05, 4.69) is 28.3 Å². The van der Waals surface area contributed by atoms with Gasteiger partial charge < -0.3 is 9.47 Å². The summed E-state index contributed by atoms with van der Waals surface area (Å²) in [5, 5.41) is 0. The Morgan fingerprint density at radius 3 is 2.25 bits per heavy atom. The van der Waals surface area contributed by atoms with Crippen LogP contribution in [0.2, 0.25) is 0 Å². The number of hydrogen-bond acceptors (Lipinski definition) is 4. The Morgan fingerprint density at radius 2 is 1.75 bits per heavy atom. The molecule has 1 aromatic carbocycles. The molecule has 4 nitrogen and oxygen atoms in total. The summed E-state index contributed by atoms with van der Waals surface area (Å²) in [5.41, 5.74) is 2.44. The quantitative estimate of drug-likeness (QED) is 0.264. The standard InChI is InChI=1S/C19H23IO4/c1-4-7-10-13-19(17(21)23-5-2,18(22)24-6-3)14-15-11-8-9-12-16(15)20/h4,8-12H,5-6,13-14H2,1-3H3. The predicted molar refractivity (Wildman–Crippen MR) is 102 cm³/mol. The van der Waals surface area contributed by atoms with Crippen molar-refractivity contribution in [2.45, 2.75) is 33.6 Å². The number of rotatable bonds is 8. The second-order valence-corrected chi connectivity index (χ2v) is 6.32. The van der Waals surface area contributed by atoms with Crippen LogP contribution >= 0.6 is 22.6 Å². The Hall–Kier alpha value is -1.59. The highest BCUT2D eigenvalue weighted by Crippen LogP contribution is 2.33. The first kappa shape index (κ1) is 20.5. The second-order valence-electron chi connectivity index (χ2n) is 5.15. The molecule has 1 rings (SSSR count). The summed E-state index contributed by atoms with van der Waals surface area (Å²) in [6.45, 7) is 5.69. The number of hydrogen-bond donors (Lipinski definition) is 0. The molecule has 0 N–H and O–H groups in total. The third kappa shape index (κ3) is 5.21. The van der Waals surface area contributed by atoms with Gasteiger partial charge in [0.25, 0.3) is 0 Å². The van der Waals surface area contributed by atoms with Crippen LogP contribution in [0.25, 0.3) is 0 Å². The number of halogens is 1. The fourth-order valence-electron chi connectivity index (χ4n) is 2.32. The first-order valence-electron chi connectivity index (χ1n) is 7.95. The monoisotopic (exact) mass is 442 g/mol. The van der Waals surface area contributed by atoms with Crippen LogP contribution < -0.4 is 0 Å². The molecule has 0 fully saturated rings. The summed E-state index contributed by atoms with van der Waals surface area (Å²) in [6, 6.07) is 7.66. The minimum atomic E-state index is -1.40. The maximum atomic E-state index is 12.7. The van der Waals surface area contributed by atoms with Crippen molar-refractivity contribution >= 4 is 34.5 Å². The highest BCUT2D eigenvalue weighted by atomic mass is 127. The molecule has 0 saturated carbocycles. The maximum Gasteiger partial charge on any atom is 0.324 e. The highest BCUT2D eigenvalue weighted by molar-refractivity contribution is 14.1. The molecule has 0 saturated heterocycles. The van der Waals surface area contributed by atoms with Crippen LogP contribution in [0, 0.1) is 8.99 Å². The van der Waals surface area contributed by atoms with Gasteiger partial charge in [0.1, 0.15) is 0 Å². The van der Waals surface area contributed by atoms with Crippen LogP contribution in [0.5, 0.6) is 0 Å². The Balaban J connectivity index is 3.37. The van der Waals surface area contributed by atoms with Gasteiger partial charge in [-0.05, 0) is 73.6 Å². The molecule has 0 aromatic heterocycles. The van der Waals surface area contributed by atoms with Gasteiger partial charge in [0.05, 0.1) is 13.2 Å². The summed E-state index contributed by atoms with van der Waals surface area (Å²) in [5.74, 6) is -1.12. The summed E-state index contributed by atoms with van der Waals surface area (Å²) in [7, 11) is 0. The summed E-state index contributed by atoms with van der Waals surface area (Å²) in [6.07, 6.45) is 3.82. The van der Waals surface area contributed by atoms with E-state index < -0.39 is 17.4 Å². The SMILES string of the molecule is CC=C=CCC(Cc1ccccc1I)(C(=O)OCC)C(=O)OCC. The summed E-state index contributed by atoms with van der Waals surface area (Å²) >= 11 is 2.20. The molecule has 5 heteroatoms. The molecular formula is C19H23IO4. The van der Waals surface area contributed by atoms with E-state index in [9.17, 15) is 9.59 Å². The van der Waals surface area contributed by atoms with Crippen LogP contribution in [0.15, 0.2) is 42.1 Å². The molecule has 0 unspecified atom stereocenters. The number of benzene rings is 1. The zero-order valence-corrected chi connectivity index (χ0v) is 16.5. The summed E-state index contributed by atoms with van der Waals surface area (Å²) < 4.78 is 11.4. The van der Waals surface area contributed by atoms with E-state index in [0.29, 0.717) is 0 Å². The second kappa shape index (κ2) is 10.3. The molecule has 0 radical (unpaired) electrons. The van der Waals surface area contributed by atoms with Gasteiger partial charge in [-0.2, -0.15) is 0 Å². The lowest BCUT2D eigenvalue weighted by Gasteiger charge is -2.28. The minimum absolute atomic E-state index is 0.181. The van der Waals surface area contributed by atoms with Gasteiger partial charge in [0, 0.05) is 9.99 Å². The number of carbonyl (C=O) groups excluding carboxylic acids is 2. The fraction of sp³-hybridized carbons (Fsp3) is 0.421. The van der Waals surface area contributed by atoms with E-state index in [1.54, 1.807) is 26.0 Å². The first-order chi connectivity index (χ1) is 11.5. The molecule has 0 spiro atoms. The smallest absolute Gasteiger partial charge is 0.324 e. The number of esters is 2. The van der Waals surface area contributed by atoms with E-state index in [1.807, 2.05) is 31.2 Å². The third-order valence-corrected chi connectivity index (χ3v) is 4.57. The van der Waals surface area contributed by atoms with Crippen molar-refractivity contribution in [3.8, 4) is 0 Å². The molecule has 0 amide bonds. The van der Waals surface area contributed by atoms with Crippen molar-refractivity contribution in [3.05, 3.63) is 51.3 Å². The lowest BCUT2D eigenvalue weighted by Crippen LogP contribution is -2.44. The molecule has 0 aliphatic carbocycles. The van der Waals surface area contributed by atoms with Crippen LogP contribution in [0.1, 0.15) is 32.8 Å². The van der Waals surface area contributed by atoms with Crippen molar-refractivity contribution in [3.63, 3.8) is 0 Å². The van der Waals surface area contributed by atoms with Gasteiger partial charge >= 0.3 is 11.9 Å². The van der Waals surface area contributed by atoms with Crippen molar-refractivity contribution in [2.75, 3.05) is 13.2 Å². The highest BCUT2D eigenvalue weighted by Gasteiger charge is 2.48. The van der Waals surface area contributed by atoms with Gasteiger partial charge in [0.15, 0.2) is 5.41 Å². The maximum absolute atomic E-state index is 12.7. The molecule has 0 aliphatic heterocycles. The van der Waals surface area contributed by atoms with Gasteiger partial charge in [-0.25, -0.2) is 0 Å². The first-order valence-corrected chi connectivity index (χ1v) is 9.03. The predicted octanol–water partition coefficient (Wildman–Crippen LogP) is 4.07. The Bertz CT molecular complexity index is 612. The minimum Gasteiger partial charge on any atom is -0.465 e. The molecular weight excluding hydrogens is 419 g/mol. The normalized spacial score (nSPS) is 10.5. The largest absolute Gasteiger partial charge is 0.465 e. The number of ether oxygens (including phenoxy) is 2. The lowest BCUT2D eigenvalue weighted by molar-refractivity contribution is -0.171. The van der Waals surface area contributed by atoms with Crippen molar-refractivity contribution in [1.29, 1.82) is 0 Å². The zero-order valence-electron chi connectivity index (χ0n) is 14.3. The zero-order chi connectivity index (χ0) is 18.0. The molecule has 130 valence electrons. The summed E-state index contributed by atoms with van der Waals surface area (Å²) in [4.78, 5) is 25.4. The van der Waals surface area contributed by atoms with Crippen LogP contribution in [0.4, 0.5) is 0 Å². The molecule has 0 atom stereocenters. The van der Waals surface area contributed by atoms with E-state index in [0.717, 1.165) is 9.13 Å². The molecule has 1 aromatic rings. The molecule has 0 bridgehead atoms. The Morgan fingerprint density at radius 1 is 1.17 bits per heavy atom. The van der Waals surface area contributed by atoms with Gasteiger partial charge in [-0.3, -0.25) is 9.59 Å². The Kier molecular flexibility index (Phi) is 8.79. The molecule has 24 heavy (non-hydrogen) atoms. The fourth-order valence-corrected chi connectivity index (χ4v) is 2.90. The molecule has 0 heterocycles. The van der Waals surface area contributed by atoms with Gasteiger partial charge in [-0.1, -0.05) is 18.2 Å². The van der Waals surface area contributed by atoms with Gasteiger partial charge in [0.2, 0.25) is 0 Å². The van der Waals surface area contributed by atoms with Crippen LogP contribution in [-0.2, 0) is 25.5 Å². The van der Waals surface area contributed by atoms with E-state index in [-0.39, 0.29) is 26.1 Å². The van der Waals surface area contributed by atoms with Crippen LogP contribution in [-0.4, -0.2) is 25.2 Å².